The first-order chi connectivity index (χ1) is 7.00. The third kappa shape index (κ3) is 3.23. The molecule has 0 saturated carbocycles. The molecule has 82 valence electrons. The summed E-state index contributed by atoms with van der Waals surface area (Å²) >= 11 is 0. The largest absolute Gasteiger partial charge is 0.384 e. The molecule has 1 rings (SSSR count). The zero-order valence-corrected chi connectivity index (χ0v) is 9.40. The van der Waals surface area contributed by atoms with Gasteiger partial charge in [0.15, 0.2) is 0 Å². The van der Waals surface area contributed by atoms with E-state index in [1.807, 2.05) is 0 Å². The van der Waals surface area contributed by atoms with Gasteiger partial charge < -0.3 is 10.6 Å². The maximum atomic E-state index is 11.8. The zero-order valence-electron chi connectivity index (χ0n) is 9.40. The molecule has 0 unspecified atom stereocenters. The van der Waals surface area contributed by atoms with Crippen molar-refractivity contribution in [1.29, 1.82) is 0 Å². The van der Waals surface area contributed by atoms with Crippen LogP contribution >= 0.6 is 0 Å². The third-order valence-corrected chi connectivity index (χ3v) is 1.98. The minimum Gasteiger partial charge on any atom is -0.384 e. The second-order valence-electron chi connectivity index (χ2n) is 4.03. The van der Waals surface area contributed by atoms with Gasteiger partial charge >= 0.3 is 0 Å². The first-order valence-electron chi connectivity index (χ1n) is 4.98. The SMILES string of the molecule is CC(C)CN(C)C(=O)c1cccc(N)n1. The molecule has 0 aliphatic heterocycles. The topological polar surface area (TPSA) is 59.2 Å². The van der Waals surface area contributed by atoms with Crippen molar-refractivity contribution in [1.82, 2.24) is 9.88 Å². The fourth-order valence-electron chi connectivity index (χ4n) is 1.40. The molecule has 0 atom stereocenters. The Morgan fingerprint density at radius 2 is 2.20 bits per heavy atom. The van der Waals surface area contributed by atoms with E-state index in [9.17, 15) is 4.79 Å². The van der Waals surface area contributed by atoms with Crippen molar-refractivity contribution in [3.63, 3.8) is 0 Å². The van der Waals surface area contributed by atoms with Gasteiger partial charge in [-0.3, -0.25) is 4.79 Å². The van der Waals surface area contributed by atoms with Crippen molar-refractivity contribution >= 4 is 11.7 Å². The second-order valence-corrected chi connectivity index (χ2v) is 4.03. The highest BCUT2D eigenvalue weighted by Crippen LogP contribution is 2.05. The zero-order chi connectivity index (χ0) is 11.4. The first kappa shape index (κ1) is 11.5. The molecule has 2 N–H and O–H groups in total. The van der Waals surface area contributed by atoms with Gasteiger partial charge in [-0.1, -0.05) is 19.9 Å². The van der Waals surface area contributed by atoms with Crippen LogP contribution in [0.3, 0.4) is 0 Å². The number of nitrogens with zero attached hydrogens (tertiary/aromatic N) is 2. The lowest BCUT2D eigenvalue weighted by molar-refractivity contribution is 0.0773. The molecule has 0 aliphatic rings. The van der Waals surface area contributed by atoms with Crippen LogP contribution in [0.2, 0.25) is 0 Å². The van der Waals surface area contributed by atoms with Crippen molar-refractivity contribution in [2.45, 2.75) is 13.8 Å². The average molecular weight is 207 g/mol. The van der Waals surface area contributed by atoms with Crippen LogP contribution in [0.25, 0.3) is 0 Å². The van der Waals surface area contributed by atoms with E-state index in [0.29, 0.717) is 17.4 Å². The summed E-state index contributed by atoms with van der Waals surface area (Å²) in [6.07, 6.45) is 0. The summed E-state index contributed by atoms with van der Waals surface area (Å²) in [6, 6.07) is 5.08. The molecule has 1 aromatic rings. The number of aromatic nitrogens is 1. The fourth-order valence-corrected chi connectivity index (χ4v) is 1.40. The van der Waals surface area contributed by atoms with Gasteiger partial charge in [0, 0.05) is 13.6 Å². The van der Waals surface area contributed by atoms with E-state index in [2.05, 4.69) is 18.8 Å². The predicted molar refractivity (Wildman–Crippen MR) is 60.4 cm³/mol. The minimum atomic E-state index is -0.0870. The van der Waals surface area contributed by atoms with E-state index in [4.69, 9.17) is 5.73 Å². The number of rotatable bonds is 3. The lowest BCUT2D eigenvalue weighted by Gasteiger charge is -2.18. The van der Waals surface area contributed by atoms with Crippen LogP contribution in [-0.4, -0.2) is 29.4 Å². The second kappa shape index (κ2) is 4.77. The Balaban J connectivity index is 2.76. The fraction of sp³-hybridized carbons (Fsp3) is 0.455. The Hall–Kier alpha value is -1.58. The molecule has 0 fully saturated rings. The molecule has 4 heteroatoms. The van der Waals surface area contributed by atoms with E-state index in [1.165, 1.54) is 0 Å². The van der Waals surface area contributed by atoms with Crippen LogP contribution in [0, 0.1) is 5.92 Å². The Morgan fingerprint density at radius 3 is 2.73 bits per heavy atom. The van der Waals surface area contributed by atoms with Crippen LogP contribution < -0.4 is 5.73 Å². The maximum absolute atomic E-state index is 11.8. The van der Waals surface area contributed by atoms with Crippen molar-refractivity contribution in [3.8, 4) is 0 Å². The Morgan fingerprint density at radius 1 is 1.53 bits per heavy atom. The summed E-state index contributed by atoms with van der Waals surface area (Å²) in [7, 11) is 1.77. The van der Waals surface area contributed by atoms with Crippen molar-refractivity contribution in [2.75, 3.05) is 19.3 Å². The van der Waals surface area contributed by atoms with Crippen LogP contribution in [0.5, 0.6) is 0 Å². The highest BCUT2D eigenvalue weighted by atomic mass is 16.2. The van der Waals surface area contributed by atoms with E-state index in [-0.39, 0.29) is 5.91 Å². The number of amides is 1. The molecule has 4 nitrogen and oxygen atoms in total. The average Bonchev–Trinajstić information content (AvgIpc) is 2.15. The van der Waals surface area contributed by atoms with E-state index < -0.39 is 0 Å². The first-order valence-corrected chi connectivity index (χ1v) is 4.98. The number of anilines is 1. The van der Waals surface area contributed by atoms with Gasteiger partial charge in [0.2, 0.25) is 0 Å². The number of hydrogen-bond acceptors (Lipinski definition) is 3. The summed E-state index contributed by atoms with van der Waals surface area (Å²) in [5.74, 6) is 0.731. The van der Waals surface area contributed by atoms with Gasteiger partial charge in [-0.25, -0.2) is 4.98 Å². The number of pyridine rings is 1. The quantitative estimate of drug-likeness (QED) is 0.814. The third-order valence-electron chi connectivity index (χ3n) is 1.98. The predicted octanol–water partition coefficient (Wildman–Crippen LogP) is 1.39. The molecule has 0 saturated heterocycles. The van der Waals surface area contributed by atoms with Gasteiger partial charge in [-0.15, -0.1) is 0 Å². The highest BCUT2D eigenvalue weighted by molar-refractivity contribution is 5.92. The summed E-state index contributed by atoms with van der Waals surface area (Å²) in [6.45, 7) is 4.85. The van der Waals surface area contributed by atoms with Gasteiger partial charge in [-0.2, -0.15) is 0 Å². The number of carbonyl (C=O) groups is 1. The number of hydrogen-bond donors (Lipinski definition) is 1. The minimum absolute atomic E-state index is 0.0870. The lowest BCUT2D eigenvalue weighted by Crippen LogP contribution is -2.30. The van der Waals surface area contributed by atoms with Gasteiger partial charge in [0.05, 0.1) is 0 Å². The van der Waals surface area contributed by atoms with Crippen LogP contribution in [0.4, 0.5) is 5.82 Å². The maximum Gasteiger partial charge on any atom is 0.272 e. The van der Waals surface area contributed by atoms with Gasteiger partial charge in [0.25, 0.3) is 5.91 Å². The molecular weight excluding hydrogens is 190 g/mol. The number of nitrogens with two attached hydrogens (primary N) is 1. The van der Waals surface area contributed by atoms with Gasteiger partial charge in [0.1, 0.15) is 11.5 Å². The van der Waals surface area contributed by atoms with Crippen LogP contribution in [0.1, 0.15) is 24.3 Å². The number of nitrogen functional groups attached to an aromatic ring is 1. The van der Waals surface area contributed by atoms with E-state index >= 15 is 0 Å². The molecule has 15 heavy (non-hydrogen) atoms. The van der Waals surface area contributed by atoms with E-state index in [0.717, 1.165) is 6.54 Å². The normalized spacial score (nSPS) is 10.4. The van der Waals surface area contributed by atoms with Crippen molar-refractivity contribution in [3.05, 3.63) is 23.9 Å². The molecule has 1 amide bonds. The van der Waals surface area contributed by atoms with Crippen molar-refractivity contribution < 1.29 is 4.79 Å². The Kier molecular flexibility index (Phi) is 3.66. The molecule has 0 radical (unpaired) electrons. The smallest absolute Gasteiger partial charge is 0.272 e. The highest BCUT2D eigenvalue weighted by Gasteiger charge is 2.13. The number of carbonyl (C=O) groups excluding carboxylic acids is 1. The molecular formula is C11H17N3O. The monoisotopic (exact) mass is 207 g/mol. The van der Waals surface area contributed by atoms with Crippen LogP contribution in [-0.2, 0) is 0 Å². The molecule has 0 bridgehead atoms. The summed E-state index contributed by atoms with van der Waals surface area (Å²) < 4.78 is 0. The van der Waals surface area contributed by atoms with Crippen molar-refractivity contribution in [2.24, 2.45) is 5.92 Å². The van der Waals surface area contributed by atoms with Crippen LogP contribution in [0.15, 0.2) is 18.2 Å². The molecule has 1 heterocycles. The summed E-state index contributed by atoms with van der Waals surface area (Å²) in [5, 5.41) is 0. The summed E-state index contributed by atoms with van der Waals surface area (Å²) in [4.78, 5) is 17.5. The summed E-state index contributed by atoms with van der Waals surface area (Å²) in [5.41, 5.74) is 5.92. The molecule has 0 aromatic carbocycles. The lowest BCUT2D eigenvalue weighted by atomic mass is 10.2. The Labute approximate surface area is 90.1 Å². The van der Waals surface area contributed by atoms with Gasteiger partial charge in [-0.05, 0) is 18.1 Å². The Bertz CT molecular complexity index is 349. The molecule has 0 aliphatic carbocycles. The molecule has 1 aromatic heterocycles. The standard InChI is InChI=1S/C11H17N3O/c1-8(2)7-14(3)11(15)9-5-4-6-10(12)13-9/h4-6,8H,7H2,1-3H3,(H2,12,13). The molecule has 0 spiro atoms. The van der Waals surface area contributed by atoms with E-state index in [1.54, 1.807) is 30.1 Å².